The summed E-state index contributed by atoms with van der Waals surface area (Å²) in [7, 11) is 0. The van der Waals surface area contributed by atoms with Crippen molar-refractivity contribution in [1.29, 1.82) is 0 Å². The highest BCUT2D eigenvalue weighted by Gasteiger charge is 1.95. The van der Waals surface area contributed by atoms with Gasteiger partial charge in [0, 0.05) is 0 Å². The molecule has 0 spiro atoms. The van der Waals surface area contributed by atoms with Crippen LogP contribution in [0.2, 0.25) is 0 Å². The van der Waals surface area contributed by atoms with Gasteiger partial charge in [0.1, 0.15) is 12.1 Å². The zero-order chi connectivity index (χ0) is 7.40. The number of carbonyl (C=O) groups is 1. The molecule has 1 aliphatic rings. The molecule has 0 aliphatic heterocycles. The van der Waals surface area contributed by atoms with E-state index in [0.717, 1.165) is 6.29 Å². The third-order valence-electron chi connectivity index (χ3n) is 1.24. The van der Waals surface area contributed by atoms with Gasteiger partial charge in [-0.3, -0.25) is 4.79 Å². The third-order valence-corrected chi connectivity index (χ3v) is 1.24. The van der Waals surface area contributed by atoms with Gasteiger partial charge in [0.25, 0.3) is 0 Å². The van der Waals surface area contributed by atoms with Gasteiger partial charge in [0.05, 0.1) is 0 Å². The van der Waals surface area contributed by atoms with Gasteiger partial charge in [-0.15, -0.1) is 0 Å². The van der Waals surface area contributed by atoms with Crippen LogP contribution in [0, 0.1) is 0 Å². The molecule has 0 aromatic rings. The van der Waals surface area contributed by atoms with Crippen molar-refractivity contribution in [3.63, 3.8) is 0 Å². The second kappa shape index (κ2) is 3.11. The van der Waals surface area contributed by atoms with Gasteiger partial charge in [-0.25, -0.2) is 4.39 Å². The summed E-state index contributed by atoms with van der Waals surface area (Å²) in [6.07, 6.45) is 7.01. The summed E-state index contributed by atoms with van der Waals surface area (Å²) in [5, 5.41) is 0. The van der Waals surface area contributed by atoms with E-state index in [4.69, 9.17) is 0 Å². The average molecular weight is 138 g/mol. The highest BCUT2D eigenvalue weighted by atomic mass is 19.1. The number of hydrogen-bond donors (Lipinski definition) is 0. The van der Waals surface area contributed by atoms with Crippen molar-refractivity contribution in [1.82, 2.24) is 0 Å². The SMILES string of the molecule is O=CC1=CC=C(F)C=CC1. The minimum absolute atomic E-state index is 0.308. The fraction of sp³-hybridized carbons (Fsp3) is 0.125. The summed E-state index contributed by atoms with van der Waals surface area (Å²) < 4.78 is 12.4. The zero-order valence-corrected chi connectivity index (χ0v) is 5.38. The molecular weight excluding hydrogens is 131 g/mol. The Kier molecular flexibility index (Phi) is 2.15. The molecule has 0 aromatic heterocycles. The lowest BCUT2D eigenvalue weighted by Gasteiger charge is -1.85. The highest BCUT2D eigenvalue weighted by Crippen LogP contribution is 2.09. The Bertz CT molecular complexity index is 223. The van der Waals surface area contributed by atoms with Gasteiger partial charge in [0.15, 0.2) is 0 Å². The normalized spacial score (nSPS) is 17.3. The Morgan fingerprint density at radius 1 is 1.50 bits per heavy atom. The van der Waals surface area contributed by atoms with Crippen molar-refractivity contribution < 1.29 is 9.18 Å². The lowest BCUT2D eigenvalue weighted by Crippen LogP contribution is -1.78. The second-order valence-corrected chi connectivity index (χ2v) is 2.02. The number of halogens is 1. The van der Waals surface area contributed by atoms with Crippen LogP contribution in [0.5, 0.6) is 0 Å². The van der Waals surface area contributed by atoms with E-state index in [0.29, 0.717) is 12.0 Å². The van der Waals surface area contributed by atoms with Gasteiger partial charge in [-0.1, -0.05) is 12.2 Å². The summed E-state index contributed by atoms with van der Waals surface area (Å²) in [5.74, 6) is -0.308. The van der Waals surface area contributed by atoms with Gasteiger partial charge in [0.2, 0.25) is 0 Å². The molecule has 0 atom stereocenters. The lowest BCUT2D eigenvalue weighted by molar-refractivity contribution is -0.104. The van der Waals surface area contributed by atoms with Crippen molar-refractivity contribution in [2.75, 3.05) is 0 Å². The van der Waals surface area contributed by atoms with Crippen LogP contribution in [0.15, 0.2) is 35.7 Å². The fourth-order valence-corrected chi connectivity index (χ4v) is 0.705. The number of allylic oxidation sites excluding steroid dienone is 6. The maximum atomic E-state index is 12.4. The zero-order valence-electron chi connectivity index (χ0n) is 5.38. The lowest BCUT2D eigenvalue weighted by atomic mass is 10.2. The van der Waals surface area contributed by atoms with E-state index in [2.05, 4.69) is 0 Å². The summed E-state index contributed by atoms with van der Waals surface area (Å²) in [5.41, 5.74) is 0.601. The van der Waals surface area contributed by atoms with E-state index in [1.54, 1.807) is 6.08 Å². The topological polar surface area (TPSA) is 17.1 Å². The first-order chi connectivity index (χ1) is 4.83. The number of carbonyl (C=O) groups excluding carboxylic acids is 1. The van der Waals surface area contributed by atoms with Gasteiger partial charge < -0.3 is 0 Å². The van der Waals surface area contributed by atoms with Crippen LogP contribution in [0.1, 0.15) is 6.42 Å². The van der Waals surface area contributed by atoms with Gasteiger partial charge in [-0.05, 0) is 24.1 Å². The molecule has 0 unspecified atom stereocenters. The van der Waals surface area contributed by atoms with Crippen LogP contribution in [0.25, 0.3) is 0 Å². The Morgan fingerprint density at radius 2 is 2.30 bits per heavy atom. The molecule has 0 bridgehead atoms. The minimum atomic E-state index is -0.308. The van der Waals surface area contributed by atoms with Crippen LogP contribution in [0.4, 0.5) is 4.39 Å². The van der Waals surface area contributed by atoms with Crippen LogP contribution < -0.4 is 0 Å². The maximum absolute atomic E-state index is 12.4. The fourth-order valence-electron chi connectivity index (χ4n) is 0.705. The van der Waals surface area contributed by atoms with Gasteiger partial charge >= 0.3 is 0 Å². The Morgan fingerprint density at radius 3 is 3.00 bits per heavy atom. The van der Waals surface area contributed by atoms with Crippen molar-refractivity contribution in [2.24, 2.45) is 0 Å². The first kappa shape index (κ1) is 6.93. The minimum Gasteiger partial charge on any atom is -0.298 e. The molecule has 1 rings (SSSR count). The molecule has 0 aromatic carbocycles. The quantitative estimate of drug-likeness (QED) is 0.506. The van der Waals surface area contributed by atoms with E-state index in [1.807, 2.05) is 0 Å². The first-order valence-electron chi connectivity index (χ1n) is 3.01. The number of aldehydes is 1. The molecule has 1 aliphatic carbocycles. The summed E-state index contributed by atoms with van der Waals surface area (Å²) >= 11 is 0. The molecule has 0 saturated heterocycles. The summed E-state index contributed by atoms with van der Waals surface area (Å²) in [6.45, 7) is 0. The Balaban J connectivity index is 2.83. The van der Waals surface area contributed by atoms with E-state index in [9.17, 15) is 9.18 Å². The second-order valence-electron chi connectivity index (χ2n) is 2.02. The third kappa shape index (κ3) is 1.65. The monoisotopic (exact) mass is 138 g/mol. The molecular formula is C8H7FO. The number of hydrogen-bond acceptors (Lipinski definition) is 1. The van der Waals surface area contributed by atoms with Crippen LogP contribution in [-0.4, -0.2) is 6.29 Å². The molecule has 0 N–H and O–H groups in total. The molecule has 52 valence electrons. The molecule has 0 amide bonds. The molecule has 0 fully saturated rings. The maximum Gasteiger partial charge on any atom is 0.146 e. The smallest absolute Gasteiger partial charge is 0.146 e. The summed E-state index contributed by atoms with van der Waals surface area (Å²) in [4.78, 5) is 10.2. The van der Waals surface area contributed by atoms with E-state index < -0.39 is 0 Å². The molecule has 2 heteroatoms. The van der Waals surface area contributed by atoms with Crippen molar-refractivity contribution in [3.8, 4) is 0 Å². The number of rotatable bonds is 1. The summed E-state index contributed by atoms with van der Waals surface area (Å²) in [6, 6.07) is 0. The largest absolute Gasteiger partial charge is 0.298 e. The van der Waals surface area contributed by atoms with Crippen molar-refractivity contribution in [3.05, 3.63) is 35.7 Å². The predicted octanol–water partition coefficient (Wildman–Crippen LogP) is 1.93. The van der Waals surface area contributed by atoms with E-state index in [1.165, 1.54) is 18.2 Å². The molecule has 1 nitrogen and oxygen atoms in total. The molecule has 0 heterocycles. The van der Waals surface area contributed by atoms with Gasteiger partial charge in [-0.2, -0.15) is 0 Å². The highest BCUT2D eigenvalue weighted by molar-refractivity contribution is 5.74. The first-order valence-corrected chi connectivity index (χ1v) is 3.01. The Hall–Kier alpha value is -1.18. The van der Waals surface area contributed by atoms with Crippen molar-refractivity contribution in [2.45, 2.75) is 6.42 Å². The molecule has 10 heavy (non-hydrogen) atoms. The standard InChI is InChI=1S/C8H7FO/c9-8-3-1-2-7(6-10)4-5-8/h1,3-6H,2H2. The predicted molar refractivity (Wildman–Crippen MR) is 37.1 cm³/mol. The van der Waals surface area contributed by atoms with E-state index >= 15 is 0 Å². The van der Waals surface area contributed by atoms with Crippen LogP contribution in [-0.2, 0) is 4.79 Å². The van der Waals surface area contributed by atoms with Crippen LogP contribution >= 0.6 is 0 Å². The average Bonchev–Trinajstić information content (AvgIpc) is 2.14. The Labute approximate surface area is 58.5 Å². The van der Waals surface area contributed by atoms with Crippen molar-refractivity contribution >= 4 is 6.29 Å². The van der Waals surface area contributed by atoms with Crippen LogP contribution in [0.3, 0.4) is 0 Å². The molecule has 0 radical (unpaired) electrons. The molecule has 0 saturated carbocycles. The van der Waals surface area contributed by atoms with E-state index in [-0.39, 0.29) is 5.83 Å².